The lowest BCUT2D eigenvalue weighted by molar-refractivity contribution is -0.0792. The highest BCUT2D eigenvalue weighted by molar-refractivity contribution is 6.01. The van der Waals surface area contributed by atoms with Crippen LogP contribution in [0.5, 0.6) is 0 Å². The summed E-state index contributed by atoms with van der Waals surface area (Å²) in [5, 5.41) is 13.1. The Labute approximate surface area is 181 Å². The molecule has 0 aromatic carbocycles. The van der Waals surface area contributed by atoms with Gasteiger partial charge in [-0.2, -0.15) is 0 Å². The lowest BCUT2D eigenvalue weighted by Gasteiger charge is -2.57. The molecular weight excluding hydrogens is 376 g/mol. The summed E-state index contributed by atoms with van der Waals surface area (Å²) in [5.41, 5.74) is 9.90. The van der Waals surface area contributed by atoms with Crippen molar-refractivity contribution < 1.29 is 0 Å². The largest absolute Gasteiger partial charge is 0.404 e. The maximum atomic E-state index is 7.40. The number of rotatable bonds is 6. The molecule has 4 fully saturated rings. The summed E-state index contributed by atoms with van der Waals surface area (Å²) in [6.45, 7) is 9.17. The van der Waals surface area contributed by atoms with Gasteiger partial charge in [-0.25, -0.2) is 10.4 Å². The lowest BCUT2D eigenvalue weighted by atomic mass is 9.65. The topological polar surface area (TPSA) is 96.0 Å². The number of fused-ring (bicyclic) bond motifs is 1. The van der Waals surface area contributed by atoms with Crippen LogP contribution in [0.2, 0.25) is 0 Å². The van der Waals surface area contributed by atoms with E-state index in [0.717, 1.165) is 67.6 Å². The second-order valence-electron chi connectivity index (χ2n) is 9.45. The standard InChI is InChI=1S/C22H40N8/c1-16(12-23)22(27-15-24)30(25-2)18-5-9-28(10-6-18)19-13-29(14-19)21-11-17-3-7-26-8-4-20(17)21/h12,15,17-21,24-26H,3-11,13-14,23H2,1-2H3/b16-12+,24-15?,27-22+. The van der Waals surface area contributed by atoms with Gasteiger partial charge in [0.1, 0.15) is 12.2 Å². The summed E-state index contributed by atoms with van der Waals surface area (Å²) >= 11 is 0. The van der Waals surface area contributed by atoms with Crippen LogP contribution in [0.3, 0.4) is 0 Å². The molecule has 0 aromatic heterocycles. The molecule has 5 N–H and O–H groups in total. The number of nitrogens with zero attached hydrogens (tertiary/aromatic N) is 4. The van der Waals surface area contributed by atoms with Crippen molar-refractivity contribution in [3.63, 3.8) is 0 Å². The van der Waals surface area contributed by atoms with Crippen molar-refractivity contribution in [2.24, 2.45) is 22.6 Å². The maximum Gasteiger partial charge on any atom is 0.149 e. The van der Waals surface area contributed by atoms with Gasteiger partial charge >= 0.3 is 0 Å². The molecule has 4 aliphatic rings. The van der Waals surface area contributed by atoms with E-state index in [1.807, 2.05) is 14.0 Å². The van der Waals surface area contributed by atoms with Crippen molar-refractivity contribution in [1.29, 1.82) is 5.41 Å². The summed E-state index contributed by atoms with van der Waals surface area (Å²) in [7, 11) is 1.92. The normalized spacial score (nSPS) is 32.7. The summed E-state index contributed by atoms with van der Waals surface area (Å²) in [6.07, 6.45) is 9.06. The molecule has 30 heavy (non-hydrogen) atoms. The van der Waals surface area contributed by atoms with Gasteiger partial charge in [0.25, 0.3) is 0 Å². The fourth-order valence-corrected chi connectivity index (χ4v) is 6.09. The number of nitrogens with one attached hydrogen (secondary N) is 3. The predicted octanol–water partition coefficient (Wildman–Crippen LogP) is 0.828. The van der Waals surface area contributed by atoms with Crippen molar-refractivity contribution in [2.75, 3.05) is 46.3 Å². The molecule has 0 amide bonds. The highest BCUT2D eigenvalue weighted by atomic mass is 15.5. The molecule has 0 bridgehead atoms. The molecule has 3 unspecified atom stereocenters. The molecule has 168 valence electrons. The number of likely N-dealkylation sites (tertiary alicyclic amines) is 2. The van der Waals surface area contributed by atoms with Crippen molar-refractivity contribution >= 4 is 12.2 Å². The minimum absolute atomic E-state index is 0.377. The summed E-state index contributed by atoms with van der Waals surface area (Å²) < 4.78 is 0. The molecule has 4 rings (SSSR count). The molecule has 0 aromatic rings. The number of amidine groups is 1. The monoisotopic (exact) mass is 416 g/mol. The molecule has 3 atom stereocenters. The predicted molar refractivity (Wildman–Crippen MR) is 123 cm³/mol. The number of hydrogen-bond donors (Lipinski definition) is 4. The Bertz CT molecular complexity index is 648. The van der Waals surface area contributed by atoms with E-state index in [-0.39, 0.29) is 0 Å². The fraction of sp³-hybridized carbons (Fsp3) is 0.818. The third-order valence-corrected chi connectivity index (χ3v) is 7.99. The van der Waals surface area contributed by atoms with E-state index < -0.39 is 0 Å². The van der Waals surface area contributed by atoms with E-state index >= 15 is 0 Å². The van der Waals surface area contributed by atoms with Crippen LogP contribution < -0.4 is 16.5 Å². The van der Waals surface area contributed by atoms with Gasteiger partial charge < -0.3 is 11.1 Å². The van der Waals surface area contributed by atoms with Gasteiger partial charge in [-0.3, -0.25) is 20.2 Å². The summed E-state index contributed by atoms with van der Waals surface area (Å²) in [6, 6.07) is 1.97. The highest BCUT2D eigenvalue weighted by Crippen LogP contribution is 2.45. The fourth-order valence-electron chi connectivity index (χ4n) is 6.09. The van der Waals surface area contributed by atoms with Crippen LogP contribution in [-0.2, 0) is 0 Å². The van der Waals surface area contributed by atoms with E-state index in [0.29, 0.717) is 6.04 Å². The minimum Gasteiger partial charge on any atom is -0.404 e. The SMILES string of the molecule is CNN(C(=N/C=N)/C(C)=C/N)C1CCN(C2CN(C3CC4CCNCCC43)C2)CC1. The summed E-state index contributed by atoms with van der Waals surface area (Å²) in [5.74, 6) is 2.68. The zero-order valence-electron chi connectivity index (χ0n) is 18.7. The van der Waals surface area contributed by atoms with Crippen molar-refractivity contribution in [3.05, 3.63) is 11.8 Å². The van der Waals surface area contributed by atoms with Crippen molar-refractivity contribution in [3.8, 4) is 0 Å². The molecular formula is C22H40N8. The average molecular weight is 417 g/mol. The summed E-state index contributed by atoms with van der Waals surface area (Å²) in [4.78, 5) is 9.73. The second kappa shape index (κ2) is 9.77. The molecule has 3 heterocycles. The second-order valence-corrected chi connectivity index (χ2v) is 9.45. The van der Waals surface area contributed by atoms with Crippen LogP contribution >= 0.6 is 0 Å². The molecule has 0 radical (unpaired) electrons. The van der Waals surface area contributed by atoms with Crippen LogP contribution in [-0.4, -0.2) is 91.4 Å². The molecule has 8 nitrogen and oxygen atoms in total. The Morgan fingerprint density at radius 1 is 1.17 bits per heavy atom. The van der Waals surface area contributed by atoms with Gasteiger partial charge in [-0.05, 0) is 64.0 Å². The van der Waals surface area contributed by atoms with Crippen LogP contribution in [0.25, 0.3) is 0 Å². The van der Waals surface area contributed by atoms with Crippen LogP contribution in [0.15, 0.2) is 16.8 Å². The first-order valence-electron chi connectivity index (χ1n) is 11.8. The molecule has 3 saturated heterocycles. The van der Waals surface area contributed by atoms with Crippen LogP contribution in [0.1, 0.15) is 39.0 Å². The molecule has 1 aliphatic carbocycles. The zero-order valence-corrected chi connectivity index (χ0v) is 18.7. The van der Waals surface area contributed by atoms with Gasteiger partial charge in [0.2, 0.25) is 0 Å². The quantitative estimate of drug-likeness (QED) is 0.291. The smallest absolute Gasteiger partial charge is 0.149 e. The Hall–Kier alpha value is -1.48. The Morgan fingerprint density at radius 3 is 2.57 bits per heavy atom. The number of nitrogens with two attached hydrogens (primary N) is 1. The first kappa shape index (κ1) is 21.7. The maximum absolute atomic E-state index is 7.40. The highest BCUT2D eigenvalue weighted by Gasteiger charge is 2.48. The lowest BCUT2D eigenvalue weighted by Crippen LogP contribution is -2.68. The van der Waals surface area contributed by atoms with Crippen LogP contribution in [0.4, 0.5) is 0 Å². The van der Waals surface area contributed by atoms with Gasteiger partial charge in [0.15, 0.2) is 0 Å². The van der Waals surface area contributed by atoms with Crippen molar-refractivity contribution in [2.45, 2.75) is 57.2 Å². The first-order chi connectivity index (χ1) is 14.7. The van der Waals surface area contributed by atoms with Gasteiger partial charge in [-0.15, -0.1) is 0 Å². The first-order valence-corrected chi connectivity index (χ1v) is 11.8. The van der Waals surface area contributed by atoms with E-state index in [1.54, 1.807) is 6.20 Å². The van der Waals surface area contributed by atoms with Gasteiger partial charge in [0, 0.05) is 63.1 Å². The average Bonchev–Trinajstić information content (AvgIpc) is 2.91. The number of hydrogen-bond acceptors (Lipinski definition) is 6. The van der Waals surface area contributed by atoms with E-state index in [2.05, 4.69) is 30.5 Å². The third-order valence-electron chi connectivity index (χ3n) is 7.99. The van der Waals surface area contributed by atoms with Crippen molar-refractivity contribution in [1.82, 2.24) is 25.6 Å². The third kappa shape index (κ3) is 4.28. The molecule has 8 heteroatoms. The van der Waals surface area contributed by atoms with Crippen LogP contribution in [0, 0.1) is 17.2 Å². The Morgan fingerprint density at radius 2 is 1.90 bits per heavy atom. The number of hydrazine groups is 1. The van der Waals surface area contributed by atoms with Gasteiger partial charge in [-0.1, -0.05) is 0 Å². The number of aliphatic imine (C=N–C) groups is 1. The molecule has 1 saturated carbocycles. The Kier molecular flexibility index (Phi) is 7.08. The van der Waals surface area contributed by atoms with E-state index in [4.69, 9.17) is 11.1 Å². The minimum atomic E-state index is 0.377. The molecule has 3 aliphatic heterocycles. The number of piperidine rings is 1. The van der Waals surface area contributed by atoms with Gasteiger partial charge in [0.05, 0.1) is 0 Å². The van der Waals surface area contributed by atoms with E-state index in [9.17, 15) is 0 Å². The zero-order chi connectivity index (χ0) is 21.1. The van der Waals surface area contributed by atoms with E-state index in [1.165, 1.54) is 45.4 Å². The molecule has 0 spiro atoms. The Balaban J connectivity index is 1.25.